The minimum Gasteiger partial charge on any atom is -0.465 e. The highest BCUT2D eigenvalue weighted by molar-refractivity contribution is 6.35. The zero-order chi connectivity index (χ0) is 26.2. The molecule has 3 N–H and O–H groups in total. The van der Waals surface area contributed by atoms with Crippen molar-refractivity contribution in [3.05, 3.63) is 63.7 Å². The number of nitrogens with zero attached hydrogens (tertiary/aromatic N) is 3. The number of hydrogen-bond acceptors (Lipinski definition) is 4. The normalized spacial score (nSPS) is 14.7. The van der Waals surface area contributed by atoms with Crippen LogP contribution in [0.4, 0.5) is 15.3 Å². The molecular weight excluding hydrogens is 482 g/mol. The highest BCUT2D eigenvalue weighted by Crippen LogP contribution is 2.30. The van der Waals surface area contributed by atoms with E-state index >= 15 is 0 Å². The summed E-state index contributed by atoms with van der Waals surface area (Å²) in [4.78, 5) is 44.4. The number of benzene rings is 2. The van der Waals surface area contributed by atoms with Gasteiger partial charge in [-0.05, 0) is 77.3 Å². The Morgan fingerprint density at radius 1 is 1.19 bits per heavy atom. The van der Waals surface area contributed by atoms with Crippen LogP contribution in [-0.2, 0) is 0 Å². The Morgan fingerprint density at radius 3 is 2.50 bits per heavy atom. The molecule has 0 radical (unpaired) electrons. The number of aromatic nitrogens is 2. The molecule has 1 aromatic heterocycles. The van der Waals surface area contributed by atoms with Crippen LogP contribution in [0, 0.1) is 0 Å². The Kier molecular flexibility index (Phi) is 6.95. The van der Waals surface area contributed by atoms with Crippen LogP contribution < -0.4 is 16.2 Å². The lowest BCUT2D eigenvalue weighted by molar-refractivity contribution is 0.0719. The number of halogens is 1. The fourth-order valence-electron chi connectivity index (χ4n) is 4.51. The summed E-state index contributed by atoms with van der Waals surface area (Å²) in [7, 11) is 0. The van der Waals surface area contributed by atoms with Crippen molar-refractivity contribution in [3.8, 4) is 5.69 Å². The quantitative estimate of drug-likeness (QED) is 0.415. The first-order valence-corrected chi connectivity index (χ1v) is 12.3. The molecule has 0 bridgehead atoms. The van der Waals surface area contributed by atoms with Gasteiger partial charge in [0.05, 0.1) is 27.7 Å². The van der Waals surface area contributed by atoms with E-state index < -0.39 is 23.2 Å². The van der Waals surface area contributed by atoms with Gasteiger partial charge in [0.1, 0.15) is 5.82 Å². The standard InChI is InChI=1S/C26H30ClN5O4/c1-15(32(25(35)36)26(2,3)4)22-30-20-13-7-12-19(27)21(20)23(33)31(22)18-11-6-10-17(14-18)29-24(34)28-16-8-5-9-16/h6-7,10-16H,5,8-9H2,1-4H3,(H,35,36)(H2,28,29,34). The van der Waals surface area contributed by atoms with E-state index in [9.17, 15) is 19.5 Å². The maximum atomic E-state index is 13.8. The zero-order valence-electron chi connectivity index (χ0n) is 20.7. The van der Waals surface area contributed by atoms with Crippen molar-refractivity contribution in [2.75, 3.05) is 5.32 Å². The molecule has 1 heterocycles. The van der Waals surface area contributed by atoms with E-state index in [0.717, 1.165) is 19.3 Å². The van der Waals surface area contributed by atoms with E-state index in [1.165, 1.54) is 9.47 Å². The number of fused-ring (bicyclic) bond motifs is 1. The number of carbonyl (C=O) groups is 2. The van der Waals surface area contributed by atoms with Crippen molar-refractivity contribution < 1.29 is 14.7 Å². The molecule has 36 heavy (non-hydrogen) atoms. The van der Waals surface area contributed by atoms with E-state index in [-0.39, 0.29) is 28.3 Å². The van der Waals surface area contributed by atoms with Gasteiger partial charge in [-0.1, -0.05) is 23.7 Å². The summed E-state index contributed by atoms with van der Waals surface area (Å²) in [6.45, 7) is 7.04. The van der Waals surface area contributed by atoms with Gasteiger partial charge in [-0.2, -0.15) is 0 Å². The Balaban J connectivity index is 1.86. The van der Waals surface area contributed by atoms with E-state index in [2.05, 4.69) is 10.6 Å². The minimum atomic E-state index is -1.13. The second-order valence-electron chi connectivity index (χ2n) is 10.0. The van der Waals surface area contributed by atoms with Gasteiger partial charge in [-0.15, -0.1) is 0 Å². The monoisotopic (exact) mass is 511 g/mol. The van der Waals surface area contributed by atoms with Gasteiger partial charge in [0.2, 0.25) is 0 Å². The predicted octanol–water partition coefficient (Wildman–Crippen LogP) is 5.55. The largest absolute Gasteiger partial charge is 0.465 e. The summed E-state index contributed by atoms with van der Waals surface area (Å²) >= 11 is 6.38. The lowest BCUT2D eigenvalue weighted by Crippen LogP contribution is -2.47. The van der Waals surface area contributed by atoms with Gasteiger partial charge in [0, 0.05) is 17.3 Å². The Morgan fingerprint density at radius 2 is 1.89 bits per heavy atom. The fraction of sp³-hybridized carbons (Fsp3) is 0.385. The number of amides is 3. The smallest absolute Gasteiger partial charge is 0.408 e. The summed E-state index contributed by atoms with van der Waals surface area (Å²) in [5.74, 6) is 0.239. The molecule has 3 aromatic rings. The first kappa shape index (κ1) is 25.5. The highest BCUT2D eigenvalue weighted by Gasteiger charge is 2.34. The predicted molar refractivity (Wildman–Crippen MR) is 140 cm³/mol. The van der Waals surface area contributed by atoms with E-state index in [1.54, 1.807) is 70.2 Å². The summed E-state index contributed by atoms with van der Waals surface area (Å²) < 4.78 is 1.37. The van der Waals surface area contributed by atoms with Crippen LogP contribution in [0.15, 0.2) is 47.3 Å². The van der Waals surface area contributed by atoms with Crippen molar-refractivity contribution in [1.82, 2.24) is 19.8 Å². The van der Waals surface area contributed by atoms with Crippen molar-refractivity contribution in [1.29, 1.82) is 0 Å². The molecule has 3 amide bonds. The van der Waals surface area contributed by atoms with Gasteiger partial charge in [0.25, 0.3) is 5.56 Å². The molecule has 190 valence electrons. The van der Waals surface area contributed by atoms with Crippen molar-refractivity contribution >= 4 is 40.3 Å². The first-order valence-electron chi connectivity index (χ1n) is 11.9. The second kappa shape index (κ2) is 9.81. The van der Waals surface area contributed by atoms with Gasteiger partial charge in [-0.25, -0.2) is 14.6 Å². The molecule has 1 fully saturated rings. The molecule has 0 spiro atoms. The number of nitrogens with one attached hydrogen (secondary N) is 2. The zero-order valence-corrected chi connectivity index (χ0v) is 21.5. The molecule has 9 nitrogen and oxygen atoms in total. The van der Waals surface area contributed by atoms with Gasteiger partial charge in [0.15, 0.2) is 0 Å². The molecule has 0 saturated heterocycles. The van der Waals surface area contributed by atoms with Crippen molar-refractivity contribution in [2.24, 2.45) is 0 Å². The number of carbonyl (C=O) groups excluding carboxylic acids is 1. The number of anilines is 1. The molecule has 1 saturated carbocycles. The summed E-state index contributed by atoms with van der Waals surface area (Å²) in [6, 6.07) is 10.9. The van der Waals surface area contributed by atoms with Crippen LogP contribution in [0.3, 0.4) is 0 Å². The van der Waals surface area contributed by atoms with Crippen molar-refractivity contribution in [3.63, 3.8) is 0 Å². The highest BCUT2D eigenvalue weighted by atomic mass is 35.5. The van der Waals surface area contributed by atoms with E-state index in [0.29, 0.717) is 16.9 Å². The average molecular weight is 512 g/mol. The Labute approximate surface area is 214 Å². The number of rotatable bonds is 5. The number of hydrogen-bond donors (Lipinski definition) is 3. The van der Waals surface area contributed by atoms with Gasteiger partial charge >= 0.3 is 12.1 Å². The topological polar surface area (TPSA) is 117 Å². The van der Waals surface area contributed by atoms with Crippen LogP contribution in [0.25, 0.3) is 16.6 Å². The summed E-state index contributed by atoms with van der Waals surface area (Å²) in [5.41, 5.74) is 0.0961. The Hall–Kier alpha value is -3.59. The molecular formula is C26H30ClN5O4. The SMILES string of the molecule is CC(c1nc2cccc(Cl)c2c(=O)n1-c1cccc(NC(=O)NC2CCC2)c1)N(C(=O)O)C(C)(C)C. The van der Waals surface area contributed by atoms with Crippen molar-refractivity contribution in [2.45, 2.75) is 64.6 Å². The molecule has 1 atom stereocenters. The minimum absolute atomic E-state index is 0.175. The molecule has 1 aliphatic rings. The number of urea groups is 1. The number of carboxylic acid groups (broad SMARTS) is 1. The molecule has 1 aliphatic carbocycles. The third-order valence-electron chi connectivity index (χ3n) is 6.37. The van der Waals surface area contributed by atoms with E-state index in [4.69, 9.17) is 16.6 Å². The maximum Gasteiger partial charge on any atom is 0.408 e. The third-order valence-corrected chi connectivity index (χ3v) is 6.68. The molecule has 0 aliphatic heterocycles. The van der Waals surface area contributed by atoms with Crippen LogP contribution in [-0.4, -0.2) is 43.3 Å². The van der Waals surface area contributed by atoms with Crippen LogP contribution in [0.1, 0.15) is 58.8 Å². The van der Waals surface area contributed by atoms with Crippen LogP contribution in [0.5, 0.6) is 0 Å². The molecule has 2 aromatic carbocycles. The first-order chi connectivity index (χ1) is 17.0. The maximum absolute atomic E-state index is 13.8. The second-order valence-corrected chi connectivity index (χ2v) is 10.4. The van der Waals surface area contributed by atoms with Gasteiger partial charge in [-0.3, -0.25) is 14.3 Å². The van der Waals surface area contributed by atoms with E-state index in [1.807, 2.05) is 0 Å². The average Bonchev–Trinajstić information content (AvgIpc) is 2.75. The van der Waals surface area contributed by atoms with Gasteiger partial charge < -0.3 is 15.7 Å². The van der Waals surface area contributed by atoms with Crippen LogP contribution >= 0.6 is 11.6 Å². The summed E-state index contributed by atoms with van der Waals surface area (Å²) in [5, 5.41) is 16.2. The Bertz CT molecular complexity index is 1380. The molecule has 4 rings (SSSR count). The molecule has 1 unspecified atom stereocenters. The third kappa shape index (κ3) is 5.02. The lowest BCUT2D eigenvalue weighted by atomic mass is 9.93. The fourth-order valence-corrected chi connectivity index (χ4v) is 4.76. The molecule has 10 heteroatoms. The lowest BCUT2D eigenvalue weighted by Gasteiger charge is -2.38. The summed E-state index contributed by atoms with van der Waals surface area (Å²) in [6.07, 6.45) is 1.89. The van der Waals surface area contributed by atoms with Crippen LogP contribution in [0.2, 0.25) is 5.02 Å².